The quantitative estimate of drug-likeness (QED) is 0.597. The molecule has 2 rings (SSSR count). The Balaban J connectivity index is 2.15. The number of benzene rings is 1. The molecule has 0 atom stereocenters. The number of aromatic nitrogens is 3. The molecule has 19 heavy (non-hydrogen) atoms. The molecule has 0 radical (unpaired) electrons. The number of nitro groups is 1. The molecular weight excluding hydrogens is 252 g/mol. The highest BCUT2D eigenvalue weighted by Gasteiger charge is 2.16. The first-order valence-electron chi connectivity index (χ1n) is 5.40. The Morgan fingerprint density at radius 2 is 2.26 bits per heavy atom. The smallest absolute Gasteiger partial charge is 0.314 e. The minimum Gasteiger partial charge on any atom is -0.490 e. The Morgan fingerprint density at radius 3 is 2.84 bits per heavy atom. The summed E-state index contributed by atoms with van der Waals surface area (Å²) in [4.78, 5) is 14.3. The molecule has 0 N–H and O–H groups in total. The maximum Gasteiger partial charge on any atom is 0.314 e. The fourth-order valence-electron chi connectivity index (χ4n) is 1.50. The SMILES string of the molecule is COc1ccc(OCc2ncnn2C)cc1[N+](=O)[O-]. The van der Waals surface area contributed by atoms with Crippen molar-refractivity contribution in [2.75, 3.05) is 7.11 Å². The van der Waals surface area contributed by atoms with Gasteiger partial charge < -0.3 is 9.47 Å². The van der Waals surface area contributed by atoms with Gasteiger partial charge in [0.2, 0.25) is 0 Å². The minimum absolute atomic E-state index is 0.141. The standard InChI is InChI=1S/C11H12N4O4/c1-14-11(12-7-13-14)6-19-8-3-4-10(18-2)9(5-8)15(16)17/h3-5,7H,6H2,1-2H3. The van der Waals surface area contributed by atoms with Gasteiger partial charge in [-0.05, 0) is 12.1 Å². The van der Waals surface area contributed by atoms with E-state index in [0.29, 0.717) is 11.6 Å². The van der Waals surface area contributed by atoms with Crippen molar-refractivity contribution in [3.05, 3.63) is 40.5 Å². The molecule has 1 aromatic heterocycles. The lowest BCUT2D eigenvalue weighted by molar-refractivity contribution is -0.385. The Hall–Kier alpha value is -2.64. The first kappa shape index (κ1) is 12.8. The molecule has 8 heteroatoms. The van der Waals surface area contributed by atoms with Gasteiger partial charge in [0, 0.05) is 7.05 Å². The number of ether oxygens (including phenoxy) is 2. The number of hydrogen-bond donors (Lipinski definition) is 0. The van der Waals surface area contributed by atoms with Gasteiger partial charge in [-0.25, -0.2) is 4.98 Å². The highest BCUT2D eigenvalue weighted by molar-refractivity contribution is 5.50. The molecule has 2 aromatic rings. The van der Waals surface area contributed by atoms with E-state index in [4.69, 9.17) is 9.47 Å². The summed E-state index contributed by atoms with van der Waals surface area (Å²) in [6.07, 6.45) is 1.41. The maximum absolute atomic E-state index is 10.9. The number of rotatable bonds is 5. The van der Waals surface area contributed by atoms with Gasteiger partial charge in [-0.2, -0.15) is 5.10 Å². The molecule has 0 unspecified atom stereocenters. The lowest BCUT2D eigenvalue weighted by Crippen LogP contribution is -2.04. The Bertz CT molecular complexity index is 596. The molecule has 0 spiro atoms. The van der Waals surface area contributed by atoms with E-state index in [-0.39, 0.29) is 18.0 Å². The molecule has 0 aliphatic heterocycles. The van der Waals surface area contributed by atoms with Crippen LogP contribution in [-0.4, -0.2) is 26.8 Å². The van der Waals surface area contributed by atoms with Crippen molar-refractivity contribution in [1.29, 1.82) is 0 Å². The van der Waals surface area contributed by atoms with E-state index in [9.17, 15) is 10.1 Å². The fourth-order valence-corrected chi connectivity index (χ4v) is 1.50. The third-order valence-electron chi connectivity index (χ3n) is 2.52. The number of aryl methyl sites for hydroxylation is 1. The molecule has 100 valence electrons. The van der Waals surface area contributed by atoms with E-state index in [1.807, 2.05) is 0 Å². The average molecular weight is 264 g/mol. The summed E-state index contributed by atoms with van der Waals surface area (Å²) in [6.45, 7) is 0.181. The van der Waals surface area contributed by atoms with Gasteiger partial charge in [0.25, 0.3) is 0 Å². The zero-order valence-electron chi connectivity index (χ0n) is 10.4. The third kappa shape index (κ3) is 2.79. The van der Waals surface area contributed by atoms with Crippen LogP contribution in [0.15, 0.2) is 24.5 Å². The molecule has 0 fully saturated rings. The molecule has 0 aliphatic rings. The van der Waals surface area contributed by atoms with Gasteiger partial charge in [-0.3, -0.25) is 14.8 Å². The third-order valence-corrected chi connectivity index (χ3v) is 2.52. The number of methoxy groups -OCH3 is 1. The predicted octanol–water partition coefficient (Wildman–Crippen LogP) is 1.31. The fraction of sp³-hybridized carbons (Fsp3) is 0.273. The van der Waals surface area contributed by atoms with Crippen LogP contribution in [0.3, 0.4) is 0 Å². The second-order valence-corrected chi connectivity index (χ2v) is 3.68. The molecule has 1 aromatic carbocycles. The van der Waals surface area contributed by atoms with Gasteiger partial charge in [-0.1, -0.05) is 0 Å². The van der Waals surface area contributed by atoms with E-state index in [2.05, 4.69) is 10.1 Å². The first-order chi connectivity index (χ1) is 9.11. The highest BCUT2D eigenvalue weighted by Crippen LogP contribution is 2.30. The van der Waals surface area contributed by atoms with Gasteiger partial charge in [0.05, 0.1) is 18.1 Å². The van der Waals surface area contributed by atoms with Crippen molar-refractivity contribution in [2.24, 2.45) is 7.05 Å². The van der Waals surface area contributed by atoms with Gasteiger partial charge in [-0.15, -0.1) is 0 Å². The van der Waals surface area contributed by atoms with Gasteiger partial charge in [0.15, 0.2) is 11.6 Å². The Morgan fingerprint density at radius 1 is 1.47 bits per heavy atom. The maximum atomic E-state index is 10.9. The summed E-state index contributed by atoms with van der Waals surface area (Å²) in [5, 5.41) is 14.8. The zero-order valence-corrected chi connectivity index (χ0v) is 10.4. The summed E-state index contributed by atoms with van der Waals surface area (Å²) in [5.74, 6) is 1.19. The first-order valence-corrected chi connectivity index (χ1v) is 5.40. The van der Waals surface area contributed by atoms with E-state index < -0.39 is 4.92 Å². The van der Waals surface area contributed by atoms with Crippen molar-refractivity contribution in [3.63, 3.8) is 0 Å². The molecule has 8 nitrogen and oxygen atoms in total. The van der Waals surface area contributed by atoms with E-state index >= 15 is 0 Å². The Kier molecular flexibility index (Phi) is 3.60. The van der Waals surface area contributed by atoms with Crippen LogP contribution in [0.1, 0.15) is 5.82 Å². The summed E-state index contributed by atoms with van der Waals surface area (Å²) in [7, 11) is 3.12. The molecule has 0 amide bonds. The van der Waals surface area contributed by atoms with Crippen molar-refractivity contribution in [1.82, 2.24) is 14.8 Å². The van der Waals surface area contributed by atoms with Gasteiger partial charge in [0.1, 0.15) is 18.7 Å². The Labute approximate surface area is 108 Å². The predicted molar refractivity (Wildman–Crippen MR) is 65.0 cm³/mol. The van der Waals surface area contributed by atoms with Crippen LogP contribution in [0.25, 0.3) is 0 Å². The summed E-state index contributed by atoms with van der Waals surface area (Å²) in [6, 6.07) is 4.40. The molecule has 0 bridgehead atoms. The highest BCUT2D eigenvalue weighted by atomic mass is 16.6. The summed E-state index contributed by atoms with van der Waals surface area (Å²) >= 11 is 0. The van der Waals surface area contributed by atoms with Gasteiger partial charge >= 0.3 is 5.69 Å². The van der Waals surface area contributed by atoms with Crippen molar-refractivity contribution < 1.29 is 14.4 Å². The number of nitro benzene ring substituents is 1. The summed E-state index contributed by atoms with van der Waals surface area (Å²) in [5.41, 5.74) is -0.141. The average Bonchev–Trinajstić information content (AvgIpc) is 2.81. The minimum atomic E-state index is -0.520. The van der Waals surface area contributed by atoms with Crippen LogP contribution < -0.4 is 9.47 Å². The number of hydrogen-bond acceptors (Lipinski definition) is 6. The van der Waals surface area contributed by atoms with Crippen LogP contribution in [0.4, 0.5) is 5.69 Å². The zero-order chi connectivity index (χ0) is 13.8. The van der Waals surface area contributed by atoms with Crippen LogP contribution in [0.2, 0.25) is 0 Å². The lowest BCUT2D eigenvalue weighted by Gasteiger charge is -2.07. The molecule has 0 saturated carbocycles. The van der Waals surface area contributed by atoms with Crippen LogP contribution in [0.5, 0.6) is 11.5 Å². The number of nitrogens with zero attached hydrogens (tertiary/aromatic N) is 4. The normalized spacial score (nSPS) is 10.2. The largest absolute Gasteiger partial charge is 0.490 e. The monoisotopic (exact) mass is 264 g/mol. The second kappa shape index (κ2) is 5.34. The van der Waals surface area contributed by atoms with Crippen molar-refractivity contribution in [2.45, 2.75) is 6.61 Å². The van der Waals surface area contributed by atoms with Crippen LogP contribution in [0, 0.1) is 10.1 Å². The van der Waals surface area contributed by atoms with E-state index in [1.165, 1.54) is 25.6 Å². The van der Waals surface area contributed by atoms with Crippen LogP contribution >= 0.6 is 0 Å². The molecular formula is C11H12N4O4. The molecule has 0 aliphatic carbocycles. The van der Waals surface area contributed by atoms with Crippen molar-refractivity contribution >= 4 is 5.69 Å². The second-order valence-electron chi connectivity index (χ2n) is 3.68. The van der Waals surface area contributed by atoms with Crippen molar-refractivity contribution in [3.8, 4) is 11.5 Å². The lowest BCUT2D eigenvalue weighted by atomic mass is 10.3. The topological polar surface area (TPSA) is 92.3 Å². The summed E-state index contributed by atoms with van der Waals surface area (Å²) < 4.78 is 11.9. The van der Waals surface area contributed by atoms with E-state index in [0.717, 1.165) is 0 Å². The molecule has 1 heterocycles. The van der Waals surface area contributed by atoms with E-state index in [1.54, 1.807) is 17.8 Å². The van der Waals surface area contributed by atoms with Crippen LogP contribution in [-0.2, 0) is 13.7 Å². The molecule has 0 saturated heterocycles.